The zero-order chi connectivity index (χ0) is 28.3. The lowest BCUT2D eigenvalue weighted by Crippen LogP contribution is -2.35. The molecule has 206 valence electrons. The van der Waals surface area contributed by atoms with Crippen molar-refractivity contribution in [3.05, 3.63) is 59.7 Å². The predicted octanol–water partition coefficient (Wildman–Crippen LogP) is 5.73. The van der Waals surface area contributed by atoms with Gasteiger partial charge in [-0.15, -0.1) is 5.10 Å². The van der Waals surface area contributed by atoms with Gasteiger partial charge in [0.1, 0.15) is 12.4 Å². The van der Waals surface area contributed by atoms with E-state index in [9.17, 15) is 44.3 Å². The number of carbonyl (C=O) groups is 1. The van der Waals surface area contributed by atoms with Gasteiger partial charge in [0.05, 0.1) is 34.2 Å². The molecular formula is C23H15F9N6O. The average molecular weight is 562 g/mol. The third kappa shape index (κ3) is 5.40. The number of nitrogens with zero attached hydrogens (tertiary/aromatic N) is 5. The number of aromatic nitrogens is 5. The molecule has 0 aliphatic carbocycles. The summed E-state index contributed by atoms with van der Waals surface area (Å²) in [5.74, 6) is -2.39. The molecule has 1 N–H and O–H groups in total. The standard InChI is InChI=1S/C23H15F9N6O/c24-21(25,26)9-37-8-12(4-18(37)39)20-35-19(11-1-2-16-17(3-11)34-10-33-16)36-38(20)15-6-13(22(27,28)29)5-14(7-15)23(30,31)32/h1-3,5-7,10,12H,4,8-9H2,(H,33,34). The van der Waals surface area contributed by atoms with E-state index in [1.807, 2.05) is 0 Å². The smallest absolute Gasteiger partial charge is 0.345 e. The van der Waals surface area contributed by atoms with Crippen LogP contribution >= 0.6 is 0 Å². The molecule has 0 spiro atoms. The van der Waals surface area contributed by atoms with Gasteiger partial charge in [0.25, 0.3) is 0 Å². The maximum atomic E-state index is 13.5. The van der Waals surface area contributed by atoms with Crippen molar-refractivity contribution < 1.29 is 44.3 Å². The van der Waals surface area contributed by atoms with Gasteiger partial charge in [0, 0.05) is 24.4 Å². The first kappa shape index (κ1) is 26.5. The number of amides is 1. The Morgan fingerprint density at radius 3 is 2.21 bits per heavy atom. The largest absolute Gasteiger partial charge is 0.416 e. The lowest BCUT2D eigenvalue weighted by molar-refractivity contribution is -0.157. The minimum absolute atomic E-state index is 0.0582. The SMILES string of the molecule is O=C1CC(c2nc(-c3ccc4nc[nH]c4c3)nn2-c2cc(C(F)(F)F)cc(C(F)(F)F)c2)CN1CC(F)(F)F. The van der Waals surface area contributed by atoms with Crippen molar-refractivity contribution in [2.45, 2.75) is 30.9 Å². The van der Waals surface area contributed by atoms with Crippen LogP contribution in [0, 0.1) is 0 Å². The summed E-state index contributed by atoms with van der Waals surface area (Å²) in [6, 6.07) is 5.42. The quantitative estimate of drug-likeness (QED) is 0.323. The van der Waals surface area contributed by atoms with Gasteiger partial charge in [0.15, 0.2) is 5.82 Å². The van der Waals surface area contributed by atoms with Crippen molar-refractivity contribution in [2.75, 3.05) is 13.1 Å². The van der Waals surface area contributed by atoms with Crippen LogP contribution in [0.5, 0.6) is 0 Å². The van der Waals surface area contributed by atoms with E-state index in [0.717, 1.165) is 0 Å². The number of hydrogen-bond donors (Lipinski definition) is 1. The molecule has 1 aliphatic heterocycles. The van der Waals surface area contributed by atoms with Crippen molar-refractivity contribution in [1.29, 1.82) is 0 Å². The molecule has 3 heterocycles. The molecule has 7 nitrogen and oxygen atoms in total. The van der Waals surface area contributed by atoms with E-state index in [4.69, 9.17) is 0 Å². The molecule has 0 saturated carbocycles. The van der Waals surface area contributed by atoms with Gasteiger partial charge >= 0.3 is 18.5 Å². The number of fused-ring (bicyclic) bond motifs is 1. The lowest BCUT2D eigenvalue weighted by Gasteiger charge is -2.19. The number of benzene rings is 2. The highest BCUT2D eigenvalue weighted by Crippen LogP contribution is 2.39. The van der Waals surface area contributed by atoms with Crippen molar-refractivity contribution in [1.82, 2.24) is 29.6 Å². The zero-order valence-electron chi connectivity index (χ0n) is 19.3. The van der Waals surface area contributed by atoms with E-state index >= 15 is 0 Å². The topological polar surface area (TPSA) is 79.7 Å². The van der Waals surface area contributed by atoms with Crippen LogP contribution in [0.3, 0.4) is 0 Å². The highest BCUT2D eigenvalue weighted by atomic mass is 19.4. The Hall–Kier alpha value is -4.11. The fourth-order valence-corrected chi connectivity index (χ4v) is 4.35. The maximum Gasteiger partial charge on any atom is 0.416 e. The Kier molecular flexibility index (Phi) is 6.10. The number of nitrogens with one attached hydrogen (secondary N) is 1. The molecule has 4 aromatic rings. The van der Waals surface area contributed by atoms with Crippen LogP contribution in [0.15, 0.2) is 42.7 Å². The van der Waals surface area contributed by atoms with Crippen LogP contribution in [-0.2, 0) is 17.1 Å². The van der Waals surface area contributed by atoms with E-state index in [-0.39, 0.29) is 17.7 Å². The second kappa shape index (κ2) is 8.98. The van der Waals surface area contributed by atoms with Crippen LogP contribution in [0.4, 0.5) is 39.5 Å². The number of imidazole rings is 1. The number of hydrogen-bond acceptors (Lipinski definition) is 4. The van der Waals surface area contributed by atoms with Crippen molar-refractivity contribution in [2.24, 2.45) is 0 Å². The predicted molar refractivity (Wildman–Crippen MR) is 116 cm³/mol. The number of rotatable bonds is 4. The number of carbonyl (C=O) groups excluding carboxylic acids is 1. The Balaban J connectivity index is 1.66. The van der Waals surface area contributed by atoms with Gasteiger partial charge in [-0.2, -0.15) is 39.5 Å². The van der Waals surface area contributed by atoms with E-state index in [1.165, 1.54) is 18.5 Å². The molecule has 1 atom stereocenters. The molecule has 0 radical (unpaired) electrons. The molecule has 1 aliphatic rings. The molecule has 39 heavy (non-hydrogen) atoms. The molecule has 2 aromatic carbocycles. The molecule has 1 amide bonds. The summed E-state index contributed by atoms with van der Waals surface area (Å²) in [7, 11) is 0. The molecule has 1 fully saturated rings. The fourth-order valence-electron chi connectivity index (χ4n) is 4.35. The van der Waals surface area contributed by atoms with E-state index in [2.05, 4.69) is 20.1 Å². The van der Waals surface area contributed by atoms with Crippen molar-refractivity contribution >= 4 is 16.9 Å². The molecular weight excluding hydrogens is 547 g/mol. The Morgan fingerprint density at radius 2 is 1.59 bits per heavy atom. The minimum Gasteiger partial charge on any atom is -0.345 e. The van der Waals surface area contributed by atoms with Crippen LogP contribution in [-0.4, -0.2) is 54.8 Å². The van der Waals surface area contributed by atoms with Crippen LogP contribution in [0.1, 0.15) is 29.3 Å². The van der Waals surface area contributed by atoms with Gasteiger partial charge in [-0.3, -0.25) is 4.79 Å². The summed E-state index contributed by atoms with van der Waals surface area (Å²) in [5.41, 5.74) is -2.53. The number of alkyl halides is 9. The zero-order valence-corrected chi connectivity index (χ0v) is 19.3. The maximum absolute atomic E-state index is 13.5. The third-order valence-corrected chi connectivity index (χ3v) is 6.08. The Labute approximate surface area is 212 Å². The highest BCUT2D eigenvalue weighted by Gasteiger charge is 2.42. The van der Waals surface area contributed by atoms with E-state index in [1.54, 1.807) is 6.07 Å². The summed E-state index contributed by atoms with van der Waals surface area (Å²) in [5, 5.41) is 4.14. The van der Waals surface area contributed by atoms with Crippen LogP contribution < -0.4 is 0 Å². The third-order valence-electron chi connectivity index (χ3n) is 6.08. The first-order chi connectivity index (χ1) is 18.1. The summed E-state index contributed by atoms with van der Waals surface area (Å²) in [6.07, 6.45) is -14.1. The number of likely N-dealkylation sites (tertiary alicyclic amines) is 1. The number of halogens is 9. The molecule has 16 heteroatoms. The highest BCUT2D eigenvalue weighted by molar-refractivity contribution is 5.81. The van der Waals surface area contributed by atoms with Crippen LogP contribution in [0.25, 0.3) is 28.1 Å². The Bertz CT molecular complexity index is 1520. The number of aromatic amines is 1. The summed E-state index contributed by atoms with van der Waals surface area (Å²) in [6.45, 7) is -2.08. The van der Waals surface area contributed by atoms with Gasteiger partial charge in [-0.25, -0.2) is 14.6 Å². The molecule has 2 aromatic heterocycles. The first-order valence-corrected chi connectivity index (χ1v) is 11.1. The fraction of sp³-hybridized carbons (Fsp3) is 0.304. The van der Waals surface area contributed by atoms with Gasteiger partial charge in [0.2, 0.25) is 5.91 Å². The van der Waals surface area contributed by atoms with Crippen molar-refractivity contribution in [3.8, 4) is 17.1 Å². The summed E-state index contributed by atoms with van der Waals surface area (Å²) < 4.78 is 121. The minimum atomic E-state index is -5.15. The normalized spacial score (nSPS) is 17.0. The van der Waals surface area contributed by atoms with E-state index < -0.39 is 66.7 Å². The molecule has 0 bridgehead atoms. The van der Waals surface area contributed by atoms with E-state index in [0.29, 0.717) is 38.3 Å². The molecule has 5 rings (SSSR count). The van der Waals surface area contributed by atoms with Crippen LogP contribution in [0.2, 0.25) is 0 Å². The first-order valence-electron chi connectivity index (χ1n) is 11.1. The second-order valence-electron chi connectivity index (χ2n) is 8.89. The molecule has 1 unspecified atom stereocenters. The molecule has 1 saturated heterocycles. The summed E-state index contributed by atoms with van der Waals surface area (Å²) in [4.78, 5) is 24.0. The average Bonchev–Trinajstić information content (AvgIpc) is 3.54. The monoisotopic (exact) mass is 562 g/mol. The number of H-pyrrole nitrogens is 1. The van der Waals surface area contributed by atoms with Gasteiger partial charge in [-0.05, 0) is 36.4 Å². The van der Waals surface area contributed by atoms with Crippen molar-refractivity contribution in [3.63, 3.8) is 0 Å². The second-order valence-corrected chi connectivity index (χ2v) is 8.89. The Morgan fingerprint density at radius 1 is 0.923 bits per heavy atom. The van der Waals surface area contributed by atoms with Gasteiger partial charge in [-0.1, -0.05) is 0 Å². The lowest BCUT2D eigenvalue weighted by atomic mass is 10.1. The van der Waals surface area contributed by atoms with Gasteiger partial charge < -0.3 is 9.88 Å². The summed E-state index contributed by atoms with van der Waals surface area (Å²) >= 11 is 0.